The quantitative estimate of drug-likeness (QED) is 0.618. The maximum atomic E-state index is 8.56. The van der Waals surface area contributed by atoms with E-state index >= 15 is 0 Å². The second-order valence-electron chi connectivity index (χ2n) is 1.51. The average Bonchev–Trinajstić information content (AvgIpc) is 2.33. The highest BCUT2D eigenvalue weighted by atomic mass is 16.5. The molecule has 0 aromatic carbocycles. The predicted molar refractivity (Wildman–Crippen MR) is 29.0 cm³/mol. The molecule has 1 rings (SSSR count). The van der Waals surface area contributed by atoms with Crippen LogP contribution in [0.5, 0.6) is 5.88 Å². The summed E-state index contributed by atoms with van der Waals surface area (Å²) >= 11 is 0. The van der Waals surface area contributed by atoms with E-state index < -0.39 is 0 Å². The molecule has 1 aromatic rings. The van der Waals surface area contributed by atoms with Crippen LogP contribution < -0.4 is 4.74 Å². The van der Waals surface area contributed by atoms with Crippen LogP contribution in [0.4, 0.5) is 0 Å². The average molecular weight is 129 g/mol. The molecule has 0 aliphatic rings. The fourth-order valence-corrected chi connectivity index (χ4v) is 0.520. The molecule has 0 saturated heterocycles. The molecular formula is C5H7NO3. The van der Waals surface area contributed by atoms with E-state index in [-0.39, 0.29) is 6.61 Å². The monoisotopic (exact) mass is 129 g/mol. The first-order chi connectivity index (χ1) is 4.38. The lowest BCUT2D eigenvalue weighted by atomic mass is 10.4. The van der Waals surface area contributed by atoms with Crippen molar-refractivity contribution in [1.29, 1.82) is 0 Å². The first kappa shape index (κ1) is 6.10. The third kappa shape index (κ3) is 1.02. The van der Waals surface area contributed by atoms with Crippen LogP contribution in [0, 0.1) is 0 Å². The first-order valence-electron chi connectivity index (χ1n) is 2.46. The van der Waals surface area contributed by atoms with Gasteiger partial charge in [-0.2, -0.15) is 0 Å². The van der Waals surface area contributed by atoms with Crippen LogP contribution in [0.15, 0.2) is 10.8 Å². The molecular weight excluding hydrogens is 122 g/mol. The minimum absolute atomic E-state index is 0.104. The Morgan fingerprint density at radius 3 is 3.11 bits per heavy atom. The van der Waals surface area contributed by atoms with Crippen molar-refractivity contribution >= 4 is 0 Å². The van der Waals surface area contributed by atoms with Crippen molar-refractivity contribution in [2.45, 2.75) is 6.61 Å². The summed E-state index contributed by atoms with van der Waals surface area (Å²) in [7, 11) is 1.47. The standard InChI is InChI=1S/C5H7NO3/c1-8-5-4(2-7)3-9-6-5/h3,7H,2H2,1H3. The van der Waals surface area contributed by atoms with Crippen molar-refractivity contribution in [2.75, 3.05) is 7.11 Å². The zero-order valence-corrected chi connectivity index (χ0v) is 5.00. The van der Waals surface area contributed by atoms with Crippen LogP contribution in [0.25, 0.3) is 0 Å². The SMILES string of the molecule is COc1nocc1CO. The Bertz CT molecular complexity index is 166. The second kappa shape index (κ2) is 2.50. The zero-order valence-electron chi connectivity index (χ0n) is 5.00. The van der Waals surface area contributed by atoms with Gasteiger partial charge in [0.05, 0.1) is 19.3 Å². The summed E-state index contributed by atoms with van der Waals surface area (Å²) in [6.45, 7) is -0.104. The maximum absolute atomic E-state index is 8.56. The van der Waals surface area contributed by atoms with Crippen LogP contribution >= 0.6 is 0 Å². The Morgan fingerprint density at radius 2 is 2.67 bits per heavy atom. The van der Waals surface area contributed by atoms with Crippen molar-refractivity contribution in [3.05, 3.63) is 11.8 Å². The summed E-state index contributed by atoms with van der Waals surface area (Å²) in [4.78, 5) is 0. The number of rotatable bonds is 2. The van der Waals surface area contributed by atoms with E-state index in [0.29, 0.717) is 11.4 Å². The molecule has 0 bridgehead atoms. The second-order valence-corrected chi connectivity index (χ2v) is 1.51. The van der Waals surface area contributed by atoms with Crippen molar-refractivity contribution in [3.63, 3.8) is 0 Å². The number of hydrogen-bond donors (Lipinski definition) is 1. The number of nitrogens with zero attached hydrogens (tertiary/aromatic N) is 1. The number of aliphatic hydroxyl groups is 1. The predicted octanol–water partition coefficient (Wildman–Crippen LogP) is 0.175. The van der Waals surface area contributed by atoms with Gasteiger partial charge in [-0.25, -0.2) is 0 Å². The van der Waals surface area contributed by atoms with E-state index in [2.05, 4.69) is 9.68 Å². The fourth-order valence-electron chi connectivity index (χ4n) is 0.520. The lowest BCUT2D eigenvalue weighted by Gasteiger charge is -1.91. The van der Waals surface area contributed by atoms with Gasteiger partial charge < -0.3 is 14.4 Å². The highest BCUT2D eigenvalue weighted by molar-refractivity contribution is 5.19. The van der Waals surface area contributed by atoms with Gasteiger partial charge in [0.25, 0.3) is 5.88 Å². The first-order valence-corrected chi connectivity index (χ1v) is 2.46. The molecule has 0 radical (unpaired) electrons. The lowest BCUT2D eigenvalue weighted by Crippen LogP contribution is -1.87. The lowest BCUT2D eigenvalue weighted by molar-refractivity contribution is 0.273. The summed E-state index contributed by atoms with van der Waals surface area (Å²) in [6, 6.07) is 0. The molecule has 9 heavy (non-hydrogen) atoms. The van der Waals surface area contributed by atoms with Gasteiger partial charge in [0.1, 0.15) is 6.26 Å². The number of aliphatic hydroxyl groups excluding tert-OH is 1. The molecule has 0 atom stereocenters. The van der Waals surface area contributed by atoms with E-state index in [0.717, 1.165) is 0 Å². The van der Waals surface area contributed by atoms with E-state index in [1.807, 2.05) is 0 Å². The van der Waals surface area contributed by atoms with Crippen LogP contribution in [0.3, 0.4) is 0 Å². The molecule has 0 spiro atoms. The molecule has 0 aliphatic carbocycles. The molecule has 0 aliphatic heterocycles. The van der Waals surface area contributed by atoms with E-state index in [1.54, 1.807) is 0 Å². The van der Waals surface area contributed by atoms with Gasteiger partial charge >= 0.3 is 0 Å². The third-order valence-electron chi connectivity index (χ3n) is 0.969. The largest absolute Gasteiger partial charge is 0.479 e. The van der Waals surface area contributed by atoms with E-state index in [4.69, 9.17) is 9.84 Å². The normalized spacial score (nSPS) is 9.56. The fraction of sp³-hybridized carbons (Fsp3) is 0.400. The Balaban J connectivity index is 2.85. The van der Waals surface area contributed by atoms with Gasteiger partial charge in [0, 0.05) is 0 Å². The highest BCUT2D eigenvalue weighted by Crippen LogP contribution is 2.13. The summed E-state index contributed by atoms with van der Waals surface area (Å²) in [5.74, 6) is 0.345. The smallest absolute Gasteiger partial charge is 0.259 e. The summed E-state index contributed by atoms with van der Waals surface area (Å²) in [5.41, 5.74) is 0.567. The Labute approximate surface area is 52.0 Å². The van der Waals surface area contributed by atoms with Gasteiger partial charge in [-0.15, -0.1) is 0 Å². The topological polar surface area (TPSA) is 55.5 Å². The van der Waals surface area contributed by atoms with Crippen LogP contribution in [0.2, 0.25) is 0 Å². The Kier molecular flexibility index (Phi) is 1.69. The molecule has 4 heteroatoms. The van der Waals surface area contributed by atoms with Crippen molar-refractivity contribution in [2.24, 2.45) is 0 Å². The number of aromatic nitrogens is 1. The number of ether oxygens (including phenoxy) is 1. The minimum Gasteiger partial charge on any atom is -0.479 e. The maximum Gasteiger partial charge on any atom is 0.259 e. The zero-order chi connectivity index (χ0) is 6.69. The number of hydrogen-bond acceptors (Lipinski definition) is 4. The Hall–Kier alpha value is -1.03. The molecule has 1 heterocycles. The molecule has 0 saturated carbocycles. The molecule has 50 valence electrons. The van der Waals surface area contributed by atoms with Gasteiger partial charge in [-0.1, -0.05) is 0 Å². The van der Waals surface area contributed by atoms with Crippen LogP contribution in [0.1, 0.15) is 5.56 Å². The minimum atomic E-state index is -0.104. The number of methoxy groups -OCH3 is 1. The van der Waals surface area contributed by atoms with Crippen LogP contribution in [-0.4, -0.2) is 17.4 Å². The van der Waals surface area contributed by atoms with E-state index in [1.165, 1.54) is 13.4 Å². The molecule has 0 unspecified atom stereocenters. The summed E-state index contributed by atoms with van der Waals surface area (Å²) in [6.07, 6.45) is 1.35. The van der Waals surface area contributed by atoms with Crippen molar-refractivity contribution in [1.82, 2.24) is 5.16 Å². The summed E-state index contributed by atoms with van der Waals surface area (Å²) < 4.78 is 9.20. The highest BCUT2D eigenvalue weighted by Gasteiger charge is 2.03. The van der Waals surface area contributed by atoms with Gasteiger partial charge in [-0.3, -0.25) is 0 Å². The van der Waals surface area contributed by atoms with Crippen LogP contribution in [-0.2, 0) is 6.61 Å². The van der Waals surface area contributed by atoms with Crippen molar-refractivity contribution < 1.29 is 14.4 Å². The molecule has 0 amide bonds. The Morgan fingerprint density at radius 1 is 1.89 bits per heavy atom. The molecule has 1 N–H and O–H groups in total. The van der Waals surface area contributed by atoms with Gasteiger partial charge in [-0.05, 0) is 5.16 Å². The van der Waals surface area contributed by atoms with E-state index in [9.17, 15) is 0 Å². The molecule has 1 aromatic heterocycles. The molecule has 0 fully saturated rings. The van der Waals surface area contributed by atoms with Crippen molar-refractivity contribution in [3.8, 4) is 5.88 Å². The third-order valence-corrected chi connectivity index (χ3v) is 0.969. The van der Waals surface area contributed by atoms with Gasteiger partial charge in [0.2, 0.25) is 0 Å². The van der Waals surface area contributed by atoms with Gasteiger partial charge in [0.15, 0.2) is 0 Å². The summed E-state index contributed by atoms with van der Waals surface area (Å²) in [5, 5.41) is 12.0. The molecule has 4 nitrogen and oxygen atoms in total.